The SMILES string of the molecule is C[C@]12CC[C@H](O)C[C@@]1(O)CCC2=O. The molecule has 2 N–H and O–H groups in total. The molecule has 3 nitrogen and oxygen atoms in total. The molecule has 0 aromatic carbocycles. The van der Waals surface area contributed by atoms with E-state index in [1.54, 1.807) is 0 Å². The van der Waals surface area contributed by atoms with E-state index in [9.17, 15) is 15.0 Å². The summed E-state index contributed by atoms with van der Waals surface area (Å²) in [7, 11) is 0. The second-order valence-electron chi connectivity index (χ2n) is 4.68. The standard InChI is InChI=1S/C10H16O3/c1-9-4-2-7(11)6-10(9,13)5-3-8(9)12/h7,11,13H,2-6H2,1H3/t7-,9+,10-/m0/s1. The molecule has 2 rings (SSSR count). The molecule has 74 valence electrons. The van der Waals surface area contributed by atoms with E-state index in [4.69, 9.17) is 0 Å². The third-order valence-electron chi connectivity index (χ3n) is 3.96. The number of rotatable bonds is 0. The van der Waals surface area contributed by atoms with Crippen LogP contribution in [0.3, 0.4) is 0 Å². The average molecular weight is 184 g/mol. The Kier molecular flexibility index (Phi) is 1.79. The highest BCUT2D eigenvalue weighted by molar-refractivity contribution is 5.88. The van der Waals surface area contributed by atoms with E-state index < -0.39 is 17.1 Å². The number of hydrogen-bond donors (Lipinski definition) is 2. The van der Waals surface area contributed by atoms with E-state index in [0.29, 0.717) is 32.1 Å². The van der Waals surface area contributed by atoms with Crippen molar-refractivity contribution in [3.05, 3.63) is 0 Å². The van der Waals surface area contributed by atoms with Crippen molar-refractivity contribution < 1.29 is 15.0 Å². The molecular formula is C10H16O3. The fourth-order valence-electron chi connectivity index (χ4n) is 2.78. The van der Waals surface area contributed by atoms with Crippen LogP contribution < -0.4 is 0 Å². The van der Waals surface area contributed by atoms with Gasteiger partial charge in [-0.2, -0.15) is 0 Å². The number of fused-ring (bicyclic) bond motifs is 1. The van der Waals surface area contributed by atoms with Crippen LogP contribution in [0.5, 0.6) is 0 Å². The Balaban J connectivity index is 2.32. The summed E-state index contributed by atoms with van der Waals surface area (Å²) < 4.78 is 0. The molecule has 3 heteroatoms. The van der Waals surface area contributed by atoms with Crippen LogP contribution in [0, 0.1) is 5.41 Å². The fourth-order valence-corrected chi connectivity index (χ4v) is 2.78. The zero-order chi connectivity index (χ0) is 9.69. The summed E-state index contributed by atoms with van der Waals surface area (Å²) in [5, 5.41) is 19.7. The first-order chi connectivity index (χ1) is 5.98. The van der Waals surface area contributed by atoms with Crippen molar-refractivity contribution in [3.8, 4) is 0 Å². The quantitative estimate of drug-likeness (QED) is 0.580. The molecule has 0 spiro atoms. The predicted octanol–water partition coefficient (Wildman–Crippen LogP) is 0.632. The molecule has 13 heavy (non-hydrogen) atoms. The monoisotopic (exact) mass is 184 g/mol. The van der Waals surface area contributed by atoms with Gasteiger partial charge in [0.15, 0.2) is 0 Å². The lowest BCUT2D eigenvalue weighted by atomic mass is 9.65. The van der Waals surface area contributed by atoms with Gasteiger partial charge in [0.05, 0.1) is 17.1 Å². The molecule has 2 fully saturated rings. The Morgan fingerprint density at radius 3 is 2.85 bits per heavy atom. The van der Waals surface area contributed by atoms with Gasteiger partial charge in [-0.15, -0.1) is 0 Å². The van der Waals surface area contributed by atoms with E-state index in [-0.39, 0.29) is 5.78 Å². The molecule has 2 aliphatic carbocycles. The molecular weight excluding hydrogens is 168 g/mol. The molecule has 0 aromatic rings. The summed E-state index contributed by atoms with van der Waals surface area (Å²) in [6, 6.07) is 0. The van der Waals surface area contributed by atoms with Gasteiger partial charge in [0.25, 0.3) is 0 Å². The minimum Gasteiger partial charge on any atom is -0.393 e. The first kappa shape index (κ1) is 9.16. The van der Waals surface area contributed by atoms with Crippen LogP contribution in [0.2, 0.25) is 0 Å². The van der Waals surface area contributed by atoms with Crippen LogP contribution in [0.15, 0.2) is 0 Å². The Morgan fingerprint density at radius 2 is 2.15 bits per heavy atom. The van der Waals surface area contributed by atoms with Gasteiger partial charge < -0.3 is 10.2 Å². The highest BCUT2D eigenvalue weighted by Gasteiger charge is 2.58. The maximum absolute atomic E-state index is 11.6. The number of carbonyl (C=O) groups is 1. The van der Waals surface area contributed by atoms with E-state index >= 15 is 0 Å². The van der Waals surface area contributed by atoms with Gasteiger partial charge >= 0.3 is 0 Å². The minimum absolute atomic E-state index is 0.168. The Morgan fingerprint density at radius 1 is 1.46 bits per heavy atom. The van der Waals surface area contributed by atoms with Crippen molar-refractivity contribution in [1.82, 2.24) is 0 Å². The van der Waals surface area contributed by atoms with Gasteiger partial charge in [-0.3, -0.25) is 4.79 Å². The van der Waals surface area contributed by atoms with Crippen molar-refractivity contribution in [3.63, 3.8) is 0 Å². The Labute approximate surface area is 77.8 Å². The van der Waals surface area contributed by atoms with Crippen LogP contribution in [0.4, 0.5) is 0 Å². The molecule has 3 atom stereocenters. The minimum atomic E-state index is -0.929. The van der Waals surface area contributed by atoms with Crippen molar-refractivity contribution in [2.24, 2.45) is 5.41 Å². The zero-order valence-electron chi connectivity index (χ0n) is 7.92. The van der Waals surface area contributed by atoms with Gasteiger partial charge in [-0.1, -0.05) is 0 Å². The summed E-state index contributed by atoms with van der Waals surface area (Å²) in [5.74, 6) is 0.168. The topological polar surface area (TPSA) is 57.5 Å². The van der Waals surface area contributed by atoms with Crippen LogP contribution in [0.1, 0.15) is 39.0 Å². The molecule has 0 bridgehead atoms. The van der Waals surface area contributed by atoms with Crippen LogP contribution in [-0.2, 0) is 4.79 Å². The number of carbonyl (C=O) groups excluding carboxylic acids is 1. The number of Topliss-reactive ketones (excluding diaryl/α,β-unsaturated/α-hetero) is 1. The third kappa shape index (κ3) is 1.07. The van der Waals surface area contributed by atoms with Crippen molar-refractivity contribution in [2.45, 2.75) is 50.7 Å². The van der Waals surface area contributed by atoms with Crippen molar-refractivity contribution in [2.75, 3.05) is 0 Å². The number of hydrogen-bond acceptors (Lipinski definition) is 3. The van der Waals surface area contributed by atoms with Gasteiger partial charge in [0, 0.05) is 12.8 Å². The summed E-state index contributed by atoms with van der Waals surface area (Å²) in [4.78, 5) is 11.6. The summed E-state index contributed by atoms with van der Waals surface area (Å²) in [5.41, 5.74) is -1.51. The molecule has 0 aliphatic heterocycles. The maximum Gasteiger partial charge on any atom is 0.141 e. The zero-order valence-corrected chi connectivity index (χ0v) is 7.92. The molecule has 0 unspecified atom stereocenters. The van der Waals surface area contributed by atoms with Crippen LogP contribution >= 0.6 is 0 Å². The summed E-state index contributed by atoms with van der Waals surface area (Å²) in [6.07, 6.45) is 2.21. The van der Waals surface area contributed by atoms with Crippen molar-refractivity contribution in [1.29, 1.82) is 0 Å². The van der Waals surface area contributed by atoms with E-state index in [1.807, 2.05) is 6.92 Å². The van der Waals surface area contributed by atoms with Crippen LogP contribution in [-0.4, -0.2) is 27.7 Å². The highest BCUT2D eigenvalue weighted by Crippen LogP contribution is 2.52. The average Bonchev–Trinajstić information content (AvgIpc) is 2.28. The first-order valence-electron chi connectivity index (χ1n) is 4.92. The third-order valence-corrected chi connectivity index (χ3v) is 3.96. The van der Waals surface area contributed by atoms with E-state index in [0.717, 1.165) is 0 Å². The fraction of sp³-hybridized carbons (Fsp3) is 0.900. The number of ketones is 1. The molecule has 0 amide bonds. The molecule has 0 heterocycles. The van der Waals surface area contributed by atoms with Gasteiger partial charge in [0.2, 0.25) is 0 Å². The summed E-state index contributed by atoms with van der Waals surface area (Å²) in [6.45, 7) is 1.84. The van der Waals surface area contributed by atoms with E-state index in [2.05, 4.69) is 0 Å². The lowest BCUT2D eigenvalue weighted by Gasteiger charge is -2.44. The second-order valence-corrected chi connectivity index (χ2v) is 4.68. The van der Waals surface area contributed by atoms with E-state index in [1.165, 1.54) is 0 Å². The normalized spacial score (nSPS) is 50.7. The van der Waals surface area contributed by atoms with Gasteiger partial charge in [-0.25, -0.2) is 0 Å². The predicted molar refractivity (Wildman–Crippen MR) is 47.2 cm³/mol. The Bertz CT molecular complexity index is 251. The number of aliphatic hydroxyl groups is 2. The van der Waals surface area contributed by atoms with Gasteiger partial charge in [-0.05, 0) is 26.2 Å². The van der Waals surface area contributed by atoms with Crippen molar-refractivity contribution >= 4 is 5.78 Å². The molecule has 0 radical (unpaired) electrons. The number of aliphatic hydroxyl groups excluding tert-OH is 1. The van der Waals surface area contributed by atoms with Gasteiger partial charge in [0.1, 0.15) is 5.78 Å². The second kappa shape index (κ2) is 2.55. The molecule has 0 aromatic heterocycles. The Hall–Kier alpha value is -0.410. The molecule has 2 saturated carbocycles. The first-order valence-corrected chi connectivity index (χ1v) is 4.92. The molecule has 2 aliphatic rings. The van der Waals surface area contributed by atoms with Crippen LogP contribution in [0.25, 0.3) is 0 Å². The smallest absolute Gasteiger partial charge is 0.141 e. The summed E-state index contributed by atoms with van der Waals surface area (Å²) >= 11 is 0. The highest BCUT2D eigenvalue weighted by atomic mass is 16.3. The maximum atomic E-state index is 11.6. The lowest BCUT2D eigenvalue weighted by molar-refractivity contribution is -0.148. The largest absolute Gasteiger partial charge is 0.393 e. The lowest BCUT2D eigenvalue weighted by Crippen LogP contribution is -2.51. The molecule has 0 saturated heterocycles.